The first-order valence-electron chi connectivity index (χ1n) is 10.2. The van der Waals surface area contributed by atoms with Crippen molar-refractivity contribution in [2.75, 3.05) is 18.4 Å². The maximum Gasteiger partial charge on any atom is 0.322 e. The van der Waals surface area contributed by atoms with E-state index in [0.717, 1.165) is 0 Å². The summed E-state index contributed by atoms with van der Waals surface area (Å²) in [6.45, 7) is 3.93. The van der Waals surface area contributed by atoms with E-state index in [1.807, 2.05) is 6.92 Å². The molecule has 7 nitrogen and oxygen atoms in total. The van der Waals surface area contributed by atoms with E-state index < -0.39 is 23.8 Å². The fourth-order valence-electron chi connectivity index (χ4n) is 4.02. The lowest BCUT2D eigenvalue weighted by Gasteiger charge is -2.33. The molecule has 2 aliphatic rings. The minimum Gasteiger partial charge on any atom is -0.326 e. The molecule has 2 N–H and O–H groups in total. The van der Waals surface area contributed by atoms with Gasteiger partial charge in [0.1, 0.15) is 11.9 Å². The molecule has 0 aliphatic carbocycles. The molecule has 0 bridgehead atoms. The number of anilines is 1. The zero-order valence-corrected chi connectivity index (χ0v) is 18.3. The largest absolute Gasteiger partial charge is 0.326 e. The molecule has 2 aromatic carbocycles. The molecule has 0 aromatic heterocycles. The van der Waals surface area contributed by atoms with E-state index in [2.05, 4.69) is 10.6 Å². The second-order valence-electron chi connectivity index (χ2n) is 7.61. The predicted octanol–water partition coefficient (Wildman–Crippen LogP) is 3.69. The van der Waals surface area contributed by atoms with Gasteiger partial charge >= 0.3 is 6.03 Å². The van der Waals surface area contributed by atoms with Crippen LogP contribution in [0.5, 0.6) is 0 Å². The number of nitrogens with one attached hydrogen (secondary N) is 2. The Morgan fingerprint density at radius 3 is 2.56 bits per heavy atom. The van der Waals surface area contributed by atoms with Gasteiger partial charge in [-0.3, -0.25) is 14.5 Å². The third-order valence-corrected chi connectivity index (χ3v) is 6.09. The average molecular weight is 457 g/mol. The summed E-state index contributed by atoms with van der Waals surface area (Å²) >= 11 is 6.36. The summed E-state index contributed by atoms with van der Waals surface area (Å²) in [6.07, 6.45) is 0. The van der Waals surface area contributed by atoms with Gasteiger partial charge in [0.2, 0.25) is 5.91 Å². The molecule has 2 aliphatic heterocycles. The predicted molar refractivity (Wildman–Crippen MR) is 118 cm³/mol. The van der Waals surface area contributed by atoms with Gasteiger partial charge in [-0.05, 0) is 49.7 Å². The molecule has 0 saturated heterocycles. The summed E-state index contributed by atoms with van der Waals surface area (Å²) in [5.41, 5.74) is 2.01. The van der Waals surface area contributed by atoms with Crippen LogP contribution < -0.4 is 10.6 Å². The van der Waals surface area contributed by atoms with E-state index in [1.54, 1.807) is 31.2 Å². The van der Waals surface area contributed by atoms with Crippen LogP contribution in [-0.4, -0.2) is 46.8 Å². The smallest absolute Gasteiger partial charge is 0.322 e. The molecule has 2 aromatic rings. The van der Waals surface area contributed by atoms with Crippen LogP contribution in [0.3, 0.4) is 0 Å². The van der Waals surface area contributed by atoms with E-state index in [1.165, 1.54) is 34.1 Å². The molecular weight excluding hydrogens is 435 g/mol. The molecule has 2 unspecified atom stereocenters. The summed E-state index contributed by atoms with van der Waals surface area (Å²) in [7, 11) is 0. The Balaban J connectivity index is 1.62. The summed E-state index contributed by atoms with van der Waals surface area (Å²) in [5, 5.41) is 6.00. The molecule has 9 heteroatoms. The van der Waals surface area contributed by atoms with Crippen LogP contribution >= 0.6 is 11.6 Å². The zero-order valence-electron chi connectivity index (χ0n) is 17.6. The second kappa shape index (κ2) is 8.63. The Hall–Kier alpha value is -3.39. The lowest BCUT2D eigenvalue weighted by Crippen LogP contribution is -2.47. The number of hydrogen-bond donors (Lipinski definition) is 2. The third kappa shape index (κ3) is 3.82. The highest BCUT2D eigenvalue weighted by Gasteiger charge is 2.46. The van der Waals surface area contributed by atoms with Gasteiger partial charge in [0, 0.05) is 17.3 Å². The molecule has 2 atom stereocenters. The lowest BCUT2D eigenvalue weighted by molar-refractivity contribution is -0.133. The first kappa shape index (κ1) is 21.8. The molecule has 0 radical (unpaired) electrons. The van der Waals surface area contributed by atoms with Crippen molar-refractivity contribution in [3.05, 3.63) is 76.2 Å². The number of likely N-dealkylation sites (N-methyl/N-ethyl adjacent to an activating group) is 1. The molecule has 32 heavy (non-hydrogen) atoms. The van der Waals surface area contributed by atoms with Crippen LogP contribution in [0.25, 0.3) is 0 Å². The number of benzene rings is 2. The fourth-order valence-corrected chi connectivity index (χ4v) is 4.27. The van der Waals surface area contributed by atoms with E-state index in [9.17, 15) is 18.8 Å². The number of amides is 4. The van der Waals surface area contributed by atoms with Gasteiger partial charge in [-0.2, -0.15) is 0 Å². The van der Waals surface area contributed by atoms with Gasteiger partial charge in [-0.15, -0.1) is 0 Å². The molecular formula is C23H22ClFN4O3. The molecule has 4 rings (SSSR count). The fraction of sp³-hybridized carbons (Fsp3) is 0.261. The molecule has 0 saturated carbocycles. The van der Waals surface area contributed by atoms with Crippen LogP contribution in [0.4, 0.5) is 14.9 Å². The van der Waals surface area contributed by atoms with Crippen molar-refractivity contribution < 1.29 is 18.8 Å². The topological polar surface area (TPSA) is 81.8 Å². The van der Waals surface area contributed by atoms with Crippen molar-refractivity contribution in [1.82, 2.24) is 15.1 Å². The number of urea groups is 1. The first-order valence-corrected chi connectivity index (χ1v) is 10.6. The second-order valence-corrected chi connectivity index (χ2v) is 8.02. The lowest BCUT2D eigenvalue weighted by atomic mass is 9.95. The zero-order chi connectivity index (χ0) is 23.0. The quantitative estimate of drug-likeness (QED) is 0.720. The minimum atomic E-state index is -0.821. The number of carbonyl (C=O) groups excluding carboxylic acids is 3. The maximum absolute atomic E-state index is 13.5. The Morgan fingerprint density at radius 1 is 1.22 bits per heavy atom. The standard InChI is InChI=1S/C23H22ClFN4O3/c1-3-28-18-12-29(13(2)21(30)26-15-10-8-14(25)9-11-15)22(31)19(18)20(27-23(28)32)16-6-4-5-7-17(16)24/h4-11,13,20H,3,12H2,1-2H3,(H,26,30)(H,27,32). The van der Waals surface area contributed by atoms with Crippen molar-refractivity contribution in [2.24, 2.45) is 0 Å². The van der Waals surface area contributed by atoms with E-state index in [4.69, 9.17) is 11.6 Å². The molecule has 166 valence electrons. The first-order chi connectivity index (χ1) is 15.3. The SMILES string of the molecule is CCN1C(=O)NC(c2ccccc2Cl)C2=C1CN(C(C)C(=O)Nc1ccc(F)cc1)C2=O. The van der Waals surface area contributed by atoms with Crippen LogP contribution in [0.1, 0.15) is 25.5 Å². The van der Waals surface area contributed by atoms with Gasteiger partial charge in [-0.25, -0.2) is 9.18 Å². The molecule has 0 fully saturated rings. The van der Waals surface area contributed by atoms with Crippen LogP contribution in [0.2, 0.25) is 5.02 Å². The normalized spacial score (nSPS) is 19.1. The highest BCUT2D eigenvalue weighted by molar-refractivity contribution is 6.31. The van der Waals surface area contributed by atoms with Crippen molar-refractivity contribution >= 4 is 35.1 Å². The van der Waals surface area contributed by atoms with Gasteiger partial charge in [-0.1, -0.05) is 29.8 Å². The highest BCUT2D eigenvalue weighted by atomic mass is 35.5. The summed E-state index contributed by atoms with van der Waals surface area (Å²) in [5.74, 6) is -1.17. The van der Waals surface area contributed by atoms with Crippen molar-refractivity contribution in [1.29, 1.82) is 0 Å². The Labute approximate surface area is 189 Å². The van der Waals surface area contributed by atoms with Gasteiger partial charge in [0.25, 0.3) is 5.91 Å². The molecule has 4 amide bonds. The number of hydrogen-bond acceptors (Lipinski definition) is 3. The highest BCUT2D eigenvalue weighted by Crippen LogP contribution is 2.39. The summed E-state index contributed by atoms with van der Waals surface area (Å²) in [6, 6.07) is 10.6. The monoisotopic (exact) mass is 456 g/mol. The number of rotatable bonds is 5. The third-order valence-electron chi connectivity index (χ3n) is 5.74. The van der Waals surface area contributed by atoms with E-state index in [-0.39, 0.29) is 18.5 Å². The number of halogens is 2. The summed E-state index contributed by atoms with van der Waals surface area (Å²) < 4.78 is 13.1. The molecule has 2 heterocycles. The van der Waals surface area contributed by atoms with Crippen LogP contribution in [-0.2, 0) is 9.59 Å². The van der Waals surface area contributed by atoms with Crippen molar-refractivity contribution in [3.63, 3.8) is 0 Å². The maximum atomic E-state index is 13.5. The Kier molecular flexibility index (Phi) is 5.88. The van der Waals surface area contributed by atoms with Crippen molar-refractivity contribution in [3.8, 4) is 0 Å². The average Bonchev–Trinajstić information content (AvgIpc) is 3.11. The minimum absolute atomic E-state index is 0.119. The summed E-state index contributed by atoms with van der Waals surface area (Å²) in [4.78, 5) is 42.0. The Morgan fingerprint density at radius 2 is 1.91 bits per heavy atom. The van der Waals surface area contributed by atoms with Gasteiger partial charge in [0.05, 0.1) is 23.9 Å². The van der Waals surface area contributed by atoms with Gasteiger partial charge < -0.3 is 15.5 Å². The Bertz CT molecular complexity index is 1120. The number of carbonyl (C=O) groups is 3. The molecule has 0 spiro atoms. The van der Waals surface area contributed by atoms with Crippen LogP contribution in [0, 0.1) is 5.82 Å². The van der Waals surface area contributed by atoms with E-state index >= 15 is 0 Å². The van der Waals surface area contributed by atoms with Gasteiger partial charge in [0.15, 0.2) is 0 Å². The van der Waals surface area contributed by atoms with Crippen LogP contribution in [0.15, 0.2) is 59.8 Å². The van der Waals surface area contributed by atoms with Crippen molar-refractivity contribution in [2.45, 2.75) is 25.9 Å². The van der Waals surface area contributed by atoms with E-state index in [0.29, 0.717) is 34.1 Å². The number of nitrogens with zero attached hydrogens (tertiary/aromatic N) is 2.